The molecule has 0 bridgehead atoms. The van der Waals surface area contributed by atoms with Crippen LogP contribution < -0.4 is 10.6 Å². The smallest absolute Gasteiger partial charge is 0.354 e. The molecular formula is C8H12F3N3S. The summed E-state index contributed by atoms with van der Waals surface area (Å²) in [5, 5.41) is 0.680. The van der Waals surface area contributed by atoms with E-state index in [2.05, 4.69) is 4.98 Å². The Kier molecular flexibility index (Phi) is 3.56. The van der Waals surface area contributed by atoms with Gasteiger partial charge in [-0.3, -0.25) is 0 Å². The molecule has 0 saturated heterocycles. The number of aromatic nitrogens is 1. The molecule has 0 saturated carbocycles. The molecular weight excluding hydrogens is 227 g/mol. The van der Waals surface area contributed by atoms with E-state index < -0.39 is 12.2 Å². The Morgan fingerprint density at radius 3 is 2.53 bits per heavy atom. The summed E-state index contributed by atoms with van der Waals surface area (Å²) in [7, 11) is 3.57. The van der Waals surface area contributed by atoms with Crippen LogP contribution in [0.2, 0.25) is 0 Å². The van der Waals surface area contributed by atoms with E-state index in [9.17, 15) is 13.2 Å². The molecule has 15 heavy (non-hydrogen) atoms. The highest BCUT2D eigenvalue weighted by molar-refractivity contribution is 7.15. The van der Waals surface area contributed by atoms with Gasteiger partial charge in [-0.05, 0) is 0 Å². The molecule has 0 fully saturated rings. The van der Waals surface area contributed by atoms with Crippen LogP contribution in [0, 0.1) is 0 Å². The molecule has 0 aromatic carbocycles. The van der Waals surface area contributed by atoms with E-state index in [0.717, 1.165) is 0 Å². The number of nitrogens with zero attached hydrogens (tertiary/aromatic N) is 2. The van der Waals surface area contributed by atoms with Gasteiger partial charge in [0.05, 0.1) is 0 Å². The van der Waals surface area contributed by atoms with Crippen LogP contribution in [-0.4, -0.2) is 31.3 Å². The molecule has 0 amide bonds. The van der Waals surface area contributed by atoms with E-state index in [1.54, 1.807) is 19.0 Å². The van der Waals surface area contributed by atoms with Crippen LogP contribution >= 0.6 is 11.3 Å². The third-order valence-electron chi connectivity index (χ3n) is 1.77. The molecule has 3 nitrogen and oxygen atoms in total. The van der Waals surface area contributed by atoms with Crippen LogP contribution in [0.15, 0.2) is 6.20 Å². The van der Waals surface area contributed by atoms with Gasteiger partial charge >= 0.3 is 6.18 Å². The molecule has 0 radical (unpaired) electrons. The van der Waals surface area contributed by atoms with E-state index >= 15 is 0 Å². The number of alkyl halides is 3. The van der Waals surface area contributed by atoms with Gasteiger partial charge in [-0.1, -0.05) is 0 Å². The lowest BCUT2D eigenvalue weighted by molar-refractivity contribution is -0.147. The second-order valence-electron chi connectivity index (χ2n) is 3.36. The van der Waals surface area contributed by atoms with Crippen molar-refractivity contribution in [1.82, 2.24) is 4.98 Å². The Morgan fingerprint density at radius 1 is 1.53 bits per heavy atom. The molecule has 1 atom stereocenters. The first-order chi connectivity index (χ1) is 6.80. The maximum absolute atomic E-state index is 12.1. The van der Waals surface area contributed by atoms with E-state index in [1.165, 1.54) is 17.5 Å². The first-order valence-corrected chi connectivity index (χ1v) is 5.06. The average Bonchev–Trinajstić information content (AvgIpc) is 2.50. The van der Waals surface area contributed by atoms with Crippen molar-refractivity contribution < 1.29 is 13.2 Å². The predicted octanol–water partition coefficient (Wildman–Crippen LogP) is 1.64. The summed E-state index contributed by atoms with van der Waals surface area (Å²) in [5.41, 5.74) is 5.01. The Hall–Kier alpha value is -0.820. The number of hydrogen-bond donors (Lipinski definition) is 1. The van der Waals surface area contributed by atoms with E-state index in [1.807, 2.05) is 0 Å². The van der Waals surface area contributed by atoms with Crippen LogP contribution in [0.3, 0.4) is 0 Å². The summed E-state index contributed by atoms with van der Waals surface area (Å²) < 4.78 is 36.4. The first kappa shape index (κ1) is 12.3. The fourth-order valence-electron chi connectivity index (χ4n) is 0.931. The molecule has 0 aliphatic carbocycles. The van der Waals surface area contributed by atoms with Crippen molar-refractivity contribution in [3.63, 3.8) is 0 Å². The molecule has 1 unspecified atom stereocenters. The SMILES string of the molecule is CN(C)c1ncc(CC(N)C(F)(F)F)s1. The molecule has 1 aromatic heterocycles. The monoisotopic (exact) mass is 239 g/mol. The quantitative estimate of drug-likeness (QED) is 0.872. The molecule has 1 heterocycles. The van der Waals surface area contributed by atoms with Crippen LogP contribution in [0.4, 0.5) is 18.3 Å². The summed E-state index contributed by atoms with van der Waals surface area (Å²) in [5.74, 6) is 0. The van der Waals surface area contributed by atoms with Gasteiger partial charge < -0.3 is 10.6 Å². The Balaban J connectivity index is 2.65. The molecule has 0 aliphatic rings. The van der Waals surface area contributed by atoms with E-state index in [-0.39, 0.29) is 6.42 Å². The first-order valence-electron chi connectivity index (χ1n) is 4.25. The lowest BCUT2D eigenvalue weighted by Gasteiger charge is -2.13. The van der Waals surface area contributed by atoms with Gasteiger partial charge in [0.2, 0.25) is 0 Å². The summed E-state index contributed by atoms with van der Waals surface area (Å²) in [6.45, 7) is 0. The minimum atomic E-state index is -4.34. The Morgan fingerprint density at radius 2 is 2.13 bits per heavy atom. The summed E-state index contributed by atoms with van der Waals surface area (Å²) in [6.07, 6.45) is -3.12. The van der Waals surface area contributed by atoms with Crippen molar-refractivity contribution in [2.45, 2.75) is 18.6 Å². The highest BCUT2D eigenvalue weighted by Crippen LogP contribution is 2.26. The lowest BCUT2D eigenvalue weighted by Crippen LogP contribution is -2.38. The Bertz CT molecular complexity index is 321. The zero-order valence-corrected chi connectivity index (χ0v) is 9.19. The van der Waals surface area contributed by atoms with Gasteiger partial charge in [0.15, 0.2) is 5.13 Å². The van der Waals surface area contributed by atoms with Crippen LogP contribution in [-0.2, 0) is 6.42 Å². The minimum Gasteiger partial charge on any atom is -0.354 e. The maximum Gasteiger partial charge on any atom is 0.403 e. The summed E-state index contributed by atoms with van der Waals surface area (Å²) >= 11 is 1.22. The highest BCUT2D eigenvalue weighted by Gasteiger charge is 2.36. The molecule has 1 aromatic rings. The van der Waals surface area contributed by atoms with Crippen molar-refractivity contribution in [3.8, 4) is 0 Å². The van der Waals surface area contributed by atoms with Crippen molar-refractivity contribution in [2.24, 2.45) is 5.73 Å². The fraction of sp³-hybridized carbons (Fsp3) is 0.625. The highest BCUT2D eigenvalue weighted by atomic mass is 32.1. The largest absolute Gasteiger partial charge is 0.403 e. The minimum absolute atomic E-state index is 0.213. The van der Waals surface area contributed by atoms with E-state index in [4.69, 9.17) is 5.73 Å². The topological polar surface area (TPSA) is 42.2 Å². The van der Waals surface area contributed by atoms with E-state index in [0.29, 0.717) is 10.0 Å². The molecule has 2 N–H and O–H groups in total. The van der Waals surface area contributed by atoms with Crippen LogP contribution in [0.1, 0.15) is 4.88 Å². The Labute approximate surface area is 89.7 Å². The molecule has 7 heteroatoms. The van der Waals surface area contributed by atoms with Gasteiger partial charge in [-0.15, -0.1) is 11.3 Å². The normalized spacial score (nSPS) is 14.0. The summed E-state index contributed by atoms with van der Waals surface area (Å²) in [4.78, 5) is 6.26. The molecule has 86 valence electrons. The number of halogens is 3. The summed E-state index contributed by atoms with van der Waals surface area (Å²) in [6, 6.07) is -1.81. The molecule has 0 spiro atoms. The van der Waals surface area contributed by atoms with Crippen molar-refractivity contribution >= 4 is 16.5 Å². The standard InChI is InChI=1S/C8H12F3N3S/c1-14(2)7-13-4-5(15-7)3-6(12)8(9,10)11/h4,6H,3,12H2,1-2H3. The van der Waals surface area contributed by atoms with Crippen molar-refractivity contribution in [1.29, 1.82) is 0 Å². The zero-order valence-electron chi connectivity index (χ0n) is 8.38. The number of thiazole rings is 1. The number of hydrogen-bond acceptors (Lipinski definition) is 4. The van der Waals surface area contributed by atoms with Crippen LogP contribution in [0.5, 0.6) is 0 Å². The van der Waals surface area contributed by atoms with Crippen molar-refractivity contribution in [3.05, 3.63) is 11.1 Å². The second-order valence-corrected chi connectivity index (χ2v) is 4.45. The number of rotatable bonds is 3. The maximum atomic E-state index is 12.1. The zero-order chi connectivity index (χ0) is 11.6. The predicted molar refractivity (Wildman–Crippen MR) is 54.2 cm³/mol. The van der Waals surface area contributed by atoms with Gasteiger partial charge in [-0.25, -0.2) is 4.98 Å². The van der Waals surface area contributed by atoms with Gasteiger partial charge in [-0.2, -0.15) is 13.2 Å². The van der Waals surface area contributed by atoms with Gasteiger partial charge in [0.25, 0.3) is 0 Å². The molecule has 0 aliphatic heterocycles. The number of anilines is 1. The average molecular weight is 239 g/mol. The van der Waals surface area contributed by atoms with Gasteiger partial charge in [0, 0.05) is 31.6 Å². The second kappa shape index (κ2) is 4.36. The van der Waals surface area contributed by atoms with Crippen molar-refractivity contribution in [2.75, 3.05) is 19.0 Å². The van der Waals surface area contributed by atoms with Crippen LogP contribution in [0.25, 0.3) is 0 Å². The van der Waals surface area contributed by atoms with Gasteiger partial charge in [0.1, 0.15) is 6.04 Å². The molecule has 1 rings (SSSR count). The third-order valence-corrected chi connectivity index (χ3v) is 2.95. The lowest BCUT2D eigenvalue weighted by atomic mass is 10.2. The number of nitrogens with two attached hydrogens (primary N) is 1. The third kappa shape index (κ3) is 3.35. The fourth-order valence-corrected chi connectivity index (χ4v) is 1.82.